The lowest BCUT2D eigenvalue weighted by Gasteiger charge is -2.20. The lowest BCUT2D eigenvalue weighted by Crippen LogP contribution is -2.26. The van der Waals surface area contributed by atoms with Gasteiger partial charge >= 0.3 is 5.97 Å². The van der Waals surface area contributed by atoms with Gasteiger partial charge in [-0.3, -0.25) is 4.79 Å². The third-order valence-corrected chi connectivity index (χ3v) is 2.39. The van der Waals surface area contributed by atoms with E-state index in [1.165, 1.54) is 7.11 Å². The molecule has 0 N–H and O–H groups in total. The van der Waals surface area contributed by atoms with E-state index in [1.54, 1.807) is 32.2 Å². The van der Waals surface area contributed by atoms with Crippen LogP contribution in [0.3, 0.4) is 0 Å². The maximum Gasteiger partial charge on any atom is 0.325 e. The van der Waals surface area contributed by atoms with Gasteiger partial charge < -0.3 is 19.1 Å². The Hall–Kier alpha value is -1.91. The number of hydrogen-bond acceptors (Lipinski definition) is 5. The van der Waals surface area contributed by atoms with Crippen LogP contribution in [0.2, 0.25) is 0 Å². The number of benzene rings is 1. The second-order valence-electron chi connectivity index (χ2n) is 3.47. The van der Waals surface area contributed by atoms with E-state index in [1.807, 2.05) is 12.1 Å². The van der Waals surface area contributed by atoms with Crippen molar-refractivity contribution in [2.45, 2.75) is 0 Å². The molecule has 1 aromatic rings. The van der Waals surface area contributed by atoms with Crippen LogP contribution in [0.1, 0.15) is 0 Å². The first kappa shape index (κ1) is 13.2. The Labute approximate surface area is 101 Å². The predicted molar refractivity (Wildman–Crippen MR) is 64.8 cm³/mol. The number of carbonyl (C=O) groups is 1. The van der Waals surface area contributed by atoms with Crippen molar-refractivity contribution in [3.05, 3.63) is 18.2 Å². The predicted octanol–water partition coefficient (Wildman–Crippen LogP) is 1.31. The molecular weight excluding hydrogens is 222 g/mol. The summed E-state index contributed by atoms with van der Waals surface area (Å²) in [6, 6.07) is 5.41. The van der Waals surface area contributed by atoms with Crippen LogP contribution in [-0.2, 0) is 9.53 Å². The number of rotatable bonds is 5. The highest BCUT2D eigenvalue weighted by molar-refractivity contribution is 5.76. The molecule has 0 heterocycles. The summed E-state index contributed by atoms with van der Waals surface area (Å²) in [6.07, 6.45) is 0. The van der Waals surface area contributed by atoms with Gasteiger partial charge in [-0.2, -0.15) is 0 Å². The summed E-state index contributed by atoms with van der Waals surface area (Å²) in [5, 5.41) is 0. The number of anilines is 1. The fraction of sp³-hybridized carbons (Fsp3) is 0.417. The third-order valence-electron chi connectivity index (χ3n) is 2.39. The van der Waals surface area contributed by atoms with E-state index in [9.17, 15) is 4.79 Å². The number of esters is 1. The first-order valence-corrected chi connectivity index (χ1v) is 5.12. The zero-order valence-corrected chi connectivity index (χ0v) is 10.5. The zero-order chi connectivity index (χ0) is 12.8. The van der Waals surface area contributed by atoms with Crippen LogP contribution >= 0.6 is 0 Å². The van der Waals surface area contributed by atoms with Gasteiger partial charge in [0.2, 0.25) is 0 Å². The number of ether oxygens (including phenoxy) is 3. The molecule has 0 spiro atoms. The molecule has 0 saturated heterocycles. The van der Waals surface area contributed by atoms with E-state index >= 15 is 0 Å². The standard InChI is InChI=1S/C12H17NO4/c1-13(8-12(14)17-4)10-6-5-9(15-2)7-11(10)16-3/h5-7H,8H2,1-4H3. The van der Waals surface area contributed by atoms with Gasteiger partial charge in [-0.1, -0.05) is 0 Å². The van der Waals surface area contributed by atoms with Crippen molar-refractivity contribution in [2.75, 3.05) is 39.8 Å². The summed E-state index contributed by atoms with van der Waals surface area (Å²) in [5.74, 6) is 1.05. The van der Waals surface area contributed by atoms with Crippen LogP contribution in [0, 0.1) is 0 Å². The van der Waals surface area contributed by atoms with E-state index < -0.39 is 0 Å². The van der Waals surface area contributed by atoms with Crippen molar-refractivity contribution in [3.63, 3.8) is 0 Å². The molecule has 0 unspecified atom stereocenters. The minimum absolute atomic E-state index is 0.166. The number of nitrogens with zero attached hydrogens (tertiary/aromatic N) is 1. The van der Waals surface area contributed by atoms with Crippen LogP contribution in [0.25, 0.3) is 0 Å². The SMILES string of the molecule is COC(=O)CN(C)c1ccc(OC)cc1OC. The minimum atomic E-state index is -0.301. The van der Waals surface area contributed by atoms with Crippen LogP contribution in [0.4, 0.5) is 5.69 Å². The monoisotopic (exact) mass is 239 g/mol. The highest BCUT2D eigenvalue weighted by Crippen LogP contribution is 2.31. The Bertz CT molecular complexity index is 392. The van der Waals surface area contributed by atoms with E-state index in [0.29, 0.717) is 11.5 Å². The molecular formula is C12H17NO4. The van der Waals surface area contributed by atoms with Crippen LogP contribution in [0.15, 0.2) is 18.2 Å². The molecule has 0 fully saturated rings. The summed E-state index contributed by atoms with van der Waals surface area (Å²) < 4.78 is 15.0. The molecule has 0 aromatic heterocycles. The number of methoxy groups -OCH3 is 3. The van der Waals surface area contributed by atoms with Gasteiger partial charge in [0.25, 0.3) is 0 Å². The van der Waals surface area contributed by atoms with Crippen molar-refractivity contribution < 1.29 is 19.0 Å². The van der Waals surface area contributed by atoms with Crippen molar-refractivity contribution in [1.29, 1.82) is 0 Å². The quantitative estimate of drug-likeness (QED) is 0.725. The Morgan fingerprint density at radius 1 is 1.24 bits per heavy atom. The molecule has 0 aliphatic carbocycles. The molecule has 0 radical (unpaired) electrons. The lowest BCUT2D eigenvalue weighted by molar-refractivity contribution is -0.138. The number of carbonyl (C=O) groups excluding carboxylic acids is 1. The number of likely N-dealkylation sites (N-methyl/N-ethyl adjacent to an activating group) is 1. The normalized spacial score (nSPS) is 9.65. The maximum absolute atomic E-state index is 11.2. The van der Waals surface area contributed by atoms with Crippen LogP contribution in [-0.4, -0.2) is 40.9 Å². The van der Waals surface area contributed by atoms with Gasteiger partial charge in [0.1, 0.15) is 18.0 Å². The Morgan fingerprint density at radius 3 is 2.47 bits per heavy atom. The second kappa shape index (κ2) is 5.98. The fourth-order valence-corrected chi connectivity index (χ4v) is 1.44. The molecule has 0 saturated carbocycles. The van der Waals surface area contributed by atoms with Gasteiger partial charge in [0.05, 0.1) is 27.0 Å². The molecule has 17 heavy (non-hydrogen) atoms. The van der Waals surface area contributed by atoms with Crippen molar-refractivity contribution in [2.24, 2.45) is 0 Å². The molecule has 94 valence electrons. The largest absolute Gasteiger partial charge is 0.497 e. The molecule has 0 bridgehead atoms. The maximum atomic E-state index is 11.2. The Balaban J connectivity index is 2.92. The van der Waals surface area contributed by atoms with Crippen LogP contribution < -0.4 is 14.4 Å². The first-order chi connectivity index (χ1) is 8.12. The molecule has 5 heteroatoms. The summed E-state index contributed by atoms with van der Waals surface area (Å²) in [7, 11) is 6.32. The molecule has 1 aromatic carbocycles. The van der Waals surface area contributed by atoms with Gasteiger partial charge in [0, 0.05) is 13.1 Å². The second-order valence-corrected chi connectivity index (χ2v) is 3.47. The topological polar surface area (TPSA) is 48.0 Å². The van der Waals surface area contributed by atoms with Gasteiger partial charge in [-0.15, -0.1) is 0 Å². The van der Waals surface area contributed by atoms with E-state index in [2.05, 4.69) is 4.74 Å². The summed E-state index contributed by atoms with van der Waals surface area (Å²) in [5.41, 5.74) is 0.804. The zero-order valence-electron chi connectivity index (χ0n) is 10.5. The van der Waals surface area contributed by atoms with Crippen LogP contribution in [0.5, 0.6) is 11.5 Å². The summed E-state index contributed by atoms with van der Waals surface area (Å²) >= 11 is 0. The molecule has 0 aliphatic rings. The first-order valence-electron chi connectivity index (χ1n) is 5.12. The summed E-state index contributed by atoms with van der Waals surface area (Å²) in [6.45, 7) is 0.166. The molecule has 1 rings (SSSR count). The van der Waals surface area contributed by atoms with Gasteiger partial charge in [-0.25, -0.2) is 0 Å². The molecule has 0 aliphatic heterocycles. The van der Waals surface area contributed by atoms with Gasteiger partial charge in [-0.05, 0) is 12.1 Å². The smallest absolute Gasteiger partial charge is 0.325 e. The lowest BCUT2D eigenvalue weighted by atomic mass is 10.2. The minimum Gasteiger partial charge on any atom is -0.497 e. The fourth-order valence-electron chi connectivity index (χ4n) is 1.44. The summed E-state index contributed by atoms with van der Waals surface area (Å²) in [4.78, 5) is 12.9. The van der Waals surface area contributed by atoms with E-state index in [0.717, 1.165) is 5.69 Å². The molecule has 0 atom stereocenters. The average molecular weight is 239 g/mol. The van der Waals surface area contributed by atoms with Gasteiger partial charge in [0.15, 0.2) is 0 Å². The Kier molecular flexibility index (Phi) is 4.63. The highest BCUT2D eigenvalue weighted by atomic mass is 16.5. The van der Waals surface area contributed by atoms with Crippen molar-refractivity contribution in [1.82, 2.24) is 0 Å². The highest BCUT2D eigenvalue weighted by Gasteiger charge is 2.12. The third kappa shape index (κ3) is 3.27. The van der Waals surface area contributed by atoms with E-state index in [-0.39, 0.29) is 12.5 Å². The van der Waals surface area contributed by atoms with Crippen molar-refractivity contribution >= 4 is 11.7 Å². The average Bonchev–Trinajstić information content (AvgIpc) is 2.37. The van der Waals surface area contributed by atoms with E-state index in [4.69, 9.17) is 9.47 Å². The Morgan fingerprint density at radius 2 is 1.94 bits per heavy atom. The number of hydrogen-bond donors (Lipinski definition) is 0. The molecule has 0 amide bonds. The van der Waals surface area contributed by atoms with Crippen molar-refractivity contribution in [3.8, 4) is 11.5 Å². The molecule has 5 nitrogen and oxygen atoms in total.